The van der Waals surface area contributed by atoms with Crippen LogP contribution in [-0.2, 0) is 4.74 Å². The molecule has 1 aliphatic rings. The van der Waals surface area contributed by atoms with Gasteiger partial charge < -0.3 is 10.1 Å². The maximum atomic E-state index is 8.57. The molecule has 1 fully saturated rings. The van der Waals surface area contributed by atoms with E-state index in [1.54, 1.807) is 0 Å². The van der Waals surface area contributed by atoms with Gasteiger partial charge in [-0.2, -0.15) is 5.26 Å². The van der Waals surface area contributed by atoms with E-state index in [-0.39, 0.29) is 5.92 Å². The van der Waals surface area contributed by atoms with Crippen LogP contribution in [0.5, 0.6) is 0 Å². The molecule has 80 valence electrons. The molecule has 0 aromatic carbocycles. The maximum Gasteiger partial charge on any atom is 0.0666 e. The van der Waals surface area contributed by atoms with Crippen molar-refractivity contribution >= 4 is 0 Å². The van der Waals surface area contributed by atoms with Gasteiger partial charge in [0.25, 0.3) is 0 Å². The highest BCUT2D eigenvalue weighted by molar-refractivity contribution is 4.80. The summed E-state index contributed by atoms with van der Waals surface area (Å²) >= 11 is 0. The van der Waals surface area contributed by atoms with Crippen molar-refractivity contribution in [2.45, 2.75) is 6.92 Å². The van der Waals surface area contributed by atoms with Gasteiger partial charge in [-0.3, -0.25) is 4.90 Å². The Morgan fingerprint density at radius 3 is 2.86 bits per heavy atom. The zero-order chi connectivity index (χ0) is 10.2. The third-order valence-corrected chi connectivity index (χ3v) is 2.38. The van der Waals surface area contributed by atoms with E-state index in [2.05, 4.69) is 16.3 Å². The molecule has 1 saturated heterocycles. The molecule has 0 amide bonds. The van der Waals surface area contributed by atoms with Gasteiger partial charge in [-0.05, 0) is 6.92 Å². The number of rotatable bonds is 5. The lowest BCUT2D eigenvalue weighted by atomic mass is 10.2. The van der Waals surface area contributed by atoms with E-state index in [0.29, 0.717) is 0 Å². The number of nitrogens with one attached hydrogen (secondary N) is 1. The molecule has 1 atom stereocenters. The van der Waals surface area contributed by atoms with E-state index in [9.17, 15) is 0 Å². The molecule has 0 aromatic rings. The molecule has 1 unspecified atom stereocenters. The van der Waals surface area contributed by atoms with Gasteiger partial charge in [-0.25, -0.2) is 0 Å². The van der Waals surface area contributed by atoms with Crippen LogP contribution in [0.1, 0.15) is 6.92 Å². The van der Waals surface area contributed by atoms with E-state index in [0.717, 1.165) is 45.9 Å². The first-order chi connectivity index (χ1) is 6.83. The Morgan fingerprint density at radius 1 is 1.50 bits per heavy atom. The zero-order valence-corrected chi connectivity index (χ0v) is 8.83. The predicted octanol–water partition coefficient (Wildman–Crippen LogP) is 0.0679. The quantitative estimate of drug-likeness (QED) is 0.634. The molecule has 1 heterocycles. The Hall–Kier alpha value is -0.630. The second-order valence-electron chi connectivity index (χ2n) is 3.69. The Morgan fingerprint density at radius 2 is 2.21 bits per heavy atom. The van der Waals surface area contributed by atoms with Gasteiger partial charge in [0.2, 0.25) is 0 Å². The van der Waals surface area contributed by atoms with Crippen molar-refractivity contribution in [2.75, 3.05) is 45.9 Å². The molecule has 1 rings (SSSR count). The summed E-state index contributed by atoms with van der Waals surface area (Å²) in [6, 6.07) is 2.21. The van der Waals surface area contributed by atoms with Crippen molar-refractivity contribution in [1.82, 2.24) is 10.2 Å². The van der Waals surface area contributed by atoms with Crippen molar-refractivity contribution < 1.29 is 4.74 Å². The molecule has 14 heavy (non-hydrogen) atoms. The third-order valence-electron chi connectivity index (χ3n) is 2.38. The van der Waals surface area contributed by atoms with Gasteiger partial charge in [0, 0.05) is 32.7 Å². The molecule has 1 N–H and O–H groups in total. The first-order valence-electron chi connectivity index (χ1n) is 5.23. The summed E-state index contributed by atoms with van der Waals surface area (Å²) in [5, 5.41) is 11.8. The van der Waals surface area contributed by atoms with Crippen LogP contribution < -0.4 is 5.32 Å². The van der Waals surface area contributed by atoms with Gasteiger partial charge in [0.15, 0.2) is 0 Å². The lowest BCUT2D eigenvalue weighted by Gasteiger charge is -2.26. The highest BCUT2D eigenvalue weighted by Gasteiger charge is 2.09. The number of hydrogen-bond acceptors (Lipinski definition) is 4. The Kier molecular flexibility index (Phi) is 5.53. The van der Waals surface area contributed by atoms with Crippen LogP contribution in [-0.4, -0.2) is 50.8 Å². The molecule has 0 saturated carbocycles. The average molecular weight is 197 g/mol. The lowest BCUT2D eigenvalue weighted by molar-refractivity contribution is 0.0384. The van der Waals surface area contributed by atoms with Crippen molar-refractivity contribution in [3.05, 3.63) is 0 Å². The van der Waals surface area contributed by atoms with Crippen LogP contribution in [0.15, 0.2) is 0 Å². The molecule has 1 aliphatic heterocycles. The first-order valence-corrected chi connectivity index (χ1v) is 5.23. The topological polar surface area (TPSA) is 48.3 Å². The minimum absolute atomic E-state index is 0.111. The number of hydrogen-bond donors (Lipinski definition) is 1. The van der Waals surface area contributed by atoms with Crippen LogP contribution in [0.25, 0.3) is 0 Å². The monoisotopic (exact) mass is 197 g/mol. The van der Waals surface area contributed by atoms with E-state index in [1.165, 1.54) is 0 Å². The third kappa shape index (κ3) is 4.56. The summed E-state index contributed by atoms with van der Waals surface area (Å²) < 4.78 is 5.26. The Labute approximate surface area is 85.8 Å². The van der Waals surface area contributed by atoms with Crippen LogP contribution in [0.4, 0.5) is 0 Å². The highest BCUT2D eigenvalue weighted by Crippen LogP contribution is 1.95. The average Bonchev–Trinajstić information content (AvgIpc) is 2.25. The van der Waals surface area contributed by atoms with E-state index in [1.807, 2.05) is 6.92 Å². The van der Waals surface area contributed by atoms with E-state index in [4.69, 9.17) is 10.00 Å². The summed E-state index contributed by atoms with van der Waals surface area (Å²) in [7, 11) is 0. The minimum Gasteiger partial charge on any atom is -0.379 e. The van der Waals surface area contributed by atoms with Gasteiger partial charge in [-0.1, -0.05) is 0 Å². The lowest BCUT2D eigenvalue weighted by Crippen LogP contribution is -2.40. The molecule has 0 radical (unpaired) electrons. The zero-order valence-electron chi connectivity index (χ0n) is 8.83. The fraction of sp³-hybridized carbons (Fsp3) is 0.900. The van der Waals surface area contributed by atoms with Crippen LogP contribution in [0.2, 0.25) is 0 Å². The second-order valence-corrected chi connectivity index (χ2v) is 3.69. The number of morpholine rings is 1. The molecule has 0 bridgehead atoms. The summed E-state index contributed by atoms with van der Waals surface area (Å²) in [6.45, 7) is 8.53. The Bertz CT molecular complexity index is 184. The maximum absolute atomic E-state index is 8.57. The van der Waals surface area contributed by atoms with Gasteiger partial charge in [0.05, 0.1) is 25.2 Å². The standard InChI is InChI=1S/C10H19N3O/c1-10(8-11)9-12-2-3-13-4-6-14-7-5-13/h10,12H,2-7,9H2,1H3. The number of nitrogens with zero attached hydrogens (tertiary/aromatic N) is 2. The van der Waals surface area contributed by atoms with E-state index >= 15 is 0 Å². The van der Waals surface area contributed by atoms with Crippen LogP contribution >= 0.6 is 0 Å². The minimum atomic E-state index is 0.111. The summed E-state index contributed by atoms with van der Waals surface area (Å²) in [5.41, 5.74) is 0. The molecule has 0 spiro atoms. The van der Waals surface area contributed by atoms with Crippen molar-refractivity contribution in [3.8, 4) is 6.07 Å². The molecular formula is C10H19N3O. The van der Waals surface area contributed by atoms with Gasteiger partial charge in [0.1, 0.15) is 0 Å². The smallest absolute Gasteiger partial charge is 0.0666 e. The summed E-state index contributed by atoms with van der Waals surface area (Å²) in [5.74, 6) is 0.111. The van der Waals surface area contributed by atoms with Gasteiger partial charge >= 0.3 is 0 Å². The van der Waals surface area contributed by atoms with Crippen molar-refractivity contribution in [2.24, 2.45) is 5.92 Å². The van der Waals surface area contributed by atoms with Crippen molar-refractivity contribution in [1.29, 1.82) is 5.26 Å². The van der Waals surface area contributed by atoms with E-state index < -0.39 is 0 Å². The normalized spacial score (nSPS) is 20.3. The van der Waals surface area contributed by atoms with Crippen LogP contribution in [0.3, 0.4) is 0 Å². The molecule has 4 heteroatoms. The second kappa shape index (κ2) is 6.77. The largest absolute Gasteiger partial charge is 0.379 e. The fourth-order valence-corrected chi connectivity index (χ4v) is 1.43. The molecule has 4 nitrogen and oxygen atoms in total. The fourth-order valence-electron chi connectivity index (χ4n) is 1.43. The number of nitriles is 1. The molecular weight excluding hydrogens is 178 g/mol. The SMILES string of the molecule is CC(C#N)CNCCN1CCOCC1. The predicted molar refractivity (Wildman–Crippen MR) is 54.9 cm³/mol. The Balaban J connectivity index is 1.95. The summed E-state index contributed by atoms with van der Waals surface area (Å²) in [4.78, 5) is 2.38. The van der Waals surface area contributed by atoms with Gasteiger partial charge in [-0.15, -0.1) is 0 Å². The molecule has 0 aromatic heterocycles. The van der Waals surface area contributed by atoms with Crippen LogP contribution in [0, 0.1) is 17.2 Å². The van der Waals surface area contributed by atoms with Crippen molar-refractivity contribution in [3.63, 3.8) is 0 Å². The molecule has 0 aliphatic carbocycles. The highest BCUT2D eigenvalue weighted by atomic mass is 16.5. The first kappa shape index (κ1) is 11.4. The number of ether oxygens (including phenoxy) is 1. The summed E-state index contributed by atoms with van der Waals surface area (Å²) in [6.07, 6.45) is 0.